The minimum Gasteiger partial charge on any atom is -0.394 e. The van der Waals surface area contributed by atoms with Crippen LogP contribution in [0, 0.1) is 0 Å². The first-order valence-corrected chi connectivity index (χ1v) is 3.00. The summed E-state index contributed by atoms with van der Waals surface area (Å²) >= 11 is 0. The standard InChI is InChI=1S/C4H10O2.C2H6O2/c1-4(5-2)6-3;3-1-2-4/h4H,1-3H3;3-4H,1-2H2. The van der Waals surface area contributed by atoms with Crippen molar-refractivity contribution in [2.45, 2.75) is 13.2 Å². The third-order valence-corrected chi connectivity index (χ3v) is 0.764. The van der Waals surface area contributed by atoms with Crippen LogP contribution in [-0.4, -0.2) is 43.9 Å². The monoisotopic (exact) mass is 152 g/mol. The molecule has 0 spiro atoms. The topological polar surface area (TPSA) is 58.9 Å². The molecule has 0 atom stereocenters. The van der Waals surface area contributed by atoms with Gasteiger partial charge in [-0.15, -0.1) is 0 Å². The van der Waals surface area contributed by atoms with Crippen LogP contribution in [0.3, 0.4) is 0 Å². The number of rotatable bonds is 3. The summed E-state index contributed by atoms with van der Waals surface area (Å²) in [5.74, 6) is 0. The second-order valence-electron chi connectivity index (χ2n) is 1.49. The van der Waals surface area contributed by atoms with Crippen molar-refractivity contribution in [3.8, 4) is 0 Å². The molecule has 4 nitrogen and oxygen atoms in total. The summed E-state index contributed by atoms with van der Waals surface area (Å²) in [4.78, 5) is 0. The molecule has 0 aliphatic heterocycles. The zero-order valence-electron chi connectivity index (χ0n) is 6.70. The predicted molar refractivity (Wildman–Crippen MR) is 37.7 cm³/mol. The summed E-state index contributed by atoms with van der Waals surface area (Å²) in [5, 5.41) is 15.2. The average Bonchev–Trinajstić information content (AvgIpc) is 2.03. The number of aliphatic hydroxyl groups is 2. The fraction of sp³-hybridized carbons (Fsp3) is 1.00. The second kappa shape index (κ2) is 11.6. The number of hydrogen-bond donors (Lipinski definition) is 2. The lowest BCUT2D eigenvalue weighted by atomic mass is 10.8. The van der Waals surface area contributed by atoms with Gasteiger partial charge in [0, 0.05) is 14.2 Å². The van der Waals surface area contributed by atoms with Crippen LogP contribution in [-0.2, 0) is 9.47 Å². The zero-order valence-corrected chi connectivity index (χ0v) is 6.70. The van der Waals surface area contributed by atoms with Crippen LogP contribution in [0.25, 0.3) is 0 Å². The maximum atomic E-state index is 7.62. The lowest BCUT2D eigenvalue weighted by molar-refractivity contribution is -0.0877. The number of hydrogen-bond acceptors (Lipinski definition) is 4. The minimum atomic E-state index is -0.125. The molecule has 0 radical (unpaired) electrons. The van der Waals surface area contributed by atoms with Gasteiger partial charge in [-0.25, -0.2) is 0 Å². The highest BCUT2D eigenvalue weighted by Crippen LogP contribution is 1.82. The van der Waals surface area contributed by atoms with E-state index in [2.05, 4.69) is 9.47 Å². The lowest BCUT2D eigenvalue weighted by Crippen LogP contribution is -2.05. The average molecular weight is 152 g/mol. The van der Waals surface area contributed by atoms with Crippen LogP contribution in [0.1, 0.15) is 6.92 Å². The Kier molecular flexibility index (Phi) is 14.5. The molecule has 64 valence electrons. The van der Waals surface area contributed by atoms with Crippen molar-refractivity contribution in [2.24, 2.45) is 0 Å². The molecule has 0 aliphatic rings. The van der Waals surface area contributed by atoms with Gasteiger partial charge in [-0.05, 0) is 6.92 Å². The van der Waals surface area contributed by atoms with Gasteiger partial charge < -0.3 is 19.7 Å². The Morgan fingerprint density at radius 2 is 1.40 bits per heavy atom. The molecule has 2 N–H and O–H groups in total. The Labute approximate surface area is 61.4 Å². The van der Waals surface area contributed by atoms with Gasteiger partial charge in [0.25, 0.3) is 0 Å². The SMILES string of the molecule is COC(C)OC.OCCO. The van der Waals surface area contributed by atoms with Crippen molar-refractivity contribution < 1.29 is 19.7 Å². The van der Waals surface area contributed by atoms with Gasteiger partial charge in [0.15, 0.2) is 6.29 Å². The Hall–Kier alpha value is -0.160. The van der Waals surface area contributed by atoms with E-state index in [1.807, 2.05) is 6.92 Å². The van der Waals surface area contributed by atoms with E-state index in [4.69, 9.17) is 10.2 Å². The molecule has 10 heavy (non-hydrogen) atoms. The zero-order chi connectivity index (χ0) is 8.41. The van der Waals surface area contributed by atoms with Crippen LogP contribution in [0.2, 0.25) is 0 Å². The molecule has 0 unspecified atom stereocenters. The first-order chi connectivity index (χ1) is 4.72. The van der Waals surface area contributed by atoms with E-state index in [0.717, 1.165) is 0 Å². The normalized spacial score (nSPS) is 9.00. The van der Waals surface area contributed by atoms with Gasteiger partial charge in [0.05, 0.1) is 13.2 Å². The highest BCUT2D eigenvalue weighted by atomic mass is 16.7. The van der Waals surface area contributed by atoms with E-state index in [1.165, 1.54) is 0 Å². The van der Waals surface area contributed by atoms with E-state index in [9.17, 15) is 0 Å². The summed E-state index contributed by atoms with van der Waals surface area (Å²) in [6.07, 6.45) is -0.0648. The molecular formula is C6H16O4. The molecule has 0 saturated heterocycles. The van der Waals surface area contributed by atoms with Gasteiger partial charge >= 0.3 is 0 Å². The van der Waals surface area contributed by atoms with Gasteiger partial charge in [0.1, 0.15) is 0 Å². The Bertz CT molecular complexity index is 43.0. The maximum Gasteiger partial charge on any atom is 0.154 e. The van der Waals surface area contributed by atoms with Crippen LogP contribution in [0.5, 0.6) is 0 Å². The first kappa shape index (κ1) is 12.5. The Morgan fingerprint density at radius 3 is 1.40 bits per heavy atom. The molecule has 0 amide bonds. The third-order valence-electron chi connectivity index (χ3n) is 0.764. The highest BCUT2D eigenvalue weighted by Gasteiger charge is 1.87. The summed E-state index contributed by atoms with van der Waals surface area (Å²) in [7, 11) is 3.21. The maximum absolute atomic E-state index is 7.62. The molecule has 0 saturated carbocycles. The molecule has 0 aromatic heterocycles. The smallest absolute Gasteiger partial charge is 0.154 e. The van der Waals surface area contributed by atoms with Crippen molar-refractivity contribution in [2.75, 3.05) is 27.4 Å². The Morgan fingerprint density at radius 1 is 1.10 bits per heavy atom. The summed E-state index contributed by atoms with van der Waals surface area (Å²) in [6.45, 7) is 1.58. The van der Waals surface area contributed by atoms with Crippen molar-refractivity contribution in [1.82, 2.24) is 0 Å². The van der Waals surface area contributed by atoms with Crippen LogP contribution in [0.15, 0.2) is 0 Å². The molecule has 0 aliphatic carbocycles. The summed E-state index contributed by atoms with van der Waals surface area (Å²) < 4.78 is 9.35. The van der Waals surface area contributed by atoms with Gasteiger partial charge in [-0.2, -0.15) is 0 Å². The van der Waals surface area contributed by atoms with E-state index in [0.29, 0.717) is 0 Å². The minimum absolute atomic E-state index is 0.0648. The van der Waals surface area contributed by atoms with Gasteiger partial charge in [-0.1, -0.05) is 0 Å². The van der Waals surface area contributed by atoms with Crippen molar-refractivity contribution >= 4 is 0 Å². The fourth-order valence-electron chi connectivity index (χ4n) is 0.0962. The third kappa shape index (κ3) is 15.7. The number of ether oxygens (including phenoxy) is 2. The van der Waals surface area contributed by atoms with Crippen molar-refractivity contribution in [3.63, 3.8) is 0 Å². The molecule has 0 aromatic carbocycles. The number of methoxy groups -OCH3 is 2. The molecule has 0 rings (SSSR count). The lowest BCUT2D eigenvalue weighted by Gasteiger charge is -2.03. The fourth-order valence-corrected chi connectivity index (χ4v) is 0.0962. The van der Waals surface area contributed by atoms with Gasteiger partial charge in [0.2, 0.25) is 0 Å². The largest absolute Gasteiger partial charge is 0.394 e. The van der Waals surface area contributed by atoms with E-state index in [1.54, 1.807) is 14.2 Å². The summed E-state index contributed by atoms with van der Waals surface area (Å²) in [5.41, 5.74) is 0. The van der Waals surface area contributed by atoms with E-state index in [-0.39, 0.29) is 19.5 Å². The molecule has 0 bridgehead atoms. The molecular weight excluding hydrogens is 136 g/mol. The molecule has 0 fully saturated rings. The Balaban J connectivity index is 0. The number of aliphatic hydroxyl groups excluding tert-OH is 2. The highest BCUT2D eigenvalue weighted by molar-refractivity contribution is 4.17. The van der Waals surface area contributed by atoms with E-state index >= 15 is 0 Å². The van der Waals surface area contributed by atoms with Crippen molar-refractivity contribution in [1.29, 1.82) is 0 Å². The van der Waals surface area contributed by atoms with Gasteiger partial charge in [-0.3, -0.25) is 0 Å². The quantitative estimate of drug-likeness (QED) is 0.540. The van der Waals surface area contributed by atoms with Crippen LogP contribution >= 0.6 is 0 Å². The van der Waals surface area contributed by atoms with E-state index < -0.39 is 0 Å². The molecule has 0 heterocycles. The molecule has 0 aromatic rings. The van der Waals surface area contributed by atoms with Crippen LogP contribution < -0.4 is 0 Å². The summed E-state index contributed by atoms with van der Waals surface area (Å²) in [6, 6.07) is 0. The molecule has 4 heteroatoms. The van der Waals surface area contributed by atoms with Crippen LogP contribution in [0.4, 0.5) is 0 Å². The first-order valence-electron chi connectivity index (χ1n) is 3.00. The second-order valence-corrected chi connectivity index (χ2v) is 1.49. The predicted octanol–water partition coefficient (Wildman–Crippen LogP) is -0.404. The van der Waals surface area contributed by atoms with Crippen molar-refractivity contribution in [3.05, 3.63) is 0 Å².